The second-order valence-corrected chi connectivity index (χ2v) is 6.61. The van der Waals surface area contributed by atoms with Crippen LogP contribution in [-0.2, 0) is 0 Å². The number of nitro benzene ring substituents is 1. The van der Waals surface area contributed by atoms with Gasteiger partial charge in [-0.25, -0.2) is 0 Å². The summed E-state index contributed by atoms with van der Waals surface area (Å²) in [6, 6.07) is 20.0. The lowest BCUT2D eigenvalue weighted by Gasteiger charge is -2.08. The molecule has 0 aliphatic rings. The van der Waals surface area contributed by atoms with Gasteiger partial charge in [0.15, 0.2) is 5.82 Å². The van der Waals surface area contributed by atoms with Crippen LogP contribution in [0.25, 0.3) is 11.4 Å². The summed E-state index contributed by atoms with van der Waals surface area (Å²) in [6.45, 7) is 0. The smallest absolute Gasteiger partial charge is 0.269 e. The standard InChI is InChI=1S/C21H17N9O2/c22-14-3-1-13(2-4-14)19-25-20(23)27-21(26-19)24-15-5-7-16(8-6-15)28-29-17-9-11-18(12-10-17)30(31)32/h1-12H,22H2,(H3,23,24,25,26,27). The van der Waals surface area contributed by atoms with E-state index in [1.54, 1.807) is 48.5 Å². The van der Waals surface area contributed by atoms with Crippen LogP contribution in [0.15, 0.2) is 83.0 Å². The van der Waals surface area contributed by atoms with E-state index in [1.807, 2.05) is 0 Å². The first-order chi connectivity index (χ1) is 15.5. The quantitative estimate of drug-likeness (QED) is 0.171. The summed E-state index contributed by atoms with van der Waals surface area (Å²) in [5.41, 5.74) is 14.8. The second-order valence-electron chi connectivity index (χ2n) is 6.61. The van der Waals surface area contributed by atoms with Gasteiger partial charge in [0, 0.05) is 29.1 Å². The van der Waals surface area contributed by atoms with Gasteiger partial charge in [-0.2, -0.15) is 25.2 Å². The lowest BCUT2D eigenvalue weighted by atomic mass is 10.2. The summed E-state index contributed by atoms with van der Waals surface area (Å²) >= 11 is 0. The maximum atomic E-state index is 10.7. The molecular weight excluding hydrogens is 410 g/mol. The molecule has 0 saturated heterocycles. The number of nitrogens with two attached hydrogens (primary N) is 2. The van der Waals surface area contributed by atoms with E-state index in [2.05, 4.69) is 30.5 Å². The van der Waals surface area contributed by atoms with Crippen LogP contribution in [0.3, 0.4) is 0 Å². The number of hydrogen-bond acceptors (Lipinski definition) is 10. The zero-order valence-corrected chi connectivity index (χ0v) is 16.6. The molecule has 4 rings (SSSR count). The third-order valence-corrected chi connectivity index (χ3v) is 4.29. The number of anilines is 4. The summed E-state index contributed by atoms with van der Waals surface area (Å²) in [7, 11) is 0. The maximum absolute atomic E-state index is 10.7. The molecule has 4 aromatic rings. The number of nitro groups is 1. The molecule has 0 spiro atoms. The molecule has 3 aromatic carbocycles. The molecule has 5 N–H and O–H groups in total. The Bertz CT molecular complexity index is 1270. The minimum Gasteiger partial charge on any atom is -0.399 e. The van der Waals surface area contributed by atoms with Gasteiger partial charge in [-0.05, 0) is 60.7 Å². The van der Waals surface area contributed by atoms with Crippen molar-refractivity contribution in [2.45, 2.75) is 0 Å². The molecule has 32 heavy (non-hydrogen) atoms. The summed E-state index contributed by atoms with van der Waals surface area (Å²) in [5, 5.41) is 22.0. The molecule has 1 heterocycles. The summed E-state index contributed by atoms with van der Waals surface area (Å²) < 4.78 is 0. The number of benzene rings is 3. The summed E-state index contributed by atoms with van der Waals surface area (Å²) in [5.74, 6) is 0.806. The van der Waals surface area contributed by atoms with E-state index < -0.39 is 4.92 Å². The van der Waals surface area contributed by atoms with Crippen LogP contribution in [0.1, 0.15) is 0 Å². The van der Waals surface area contributed by atoms with Crippen molar-refractivity contribution in [1.29, 1.82) is 0 Å². The molecule has 0 unspecified atom stereocenters. The zero-order chi connectivity index (χ0) is 22.5. The van der Waals surface area contributed by atoms with E-state index in [0.29, 0.717) is 34.5 Å². The Hall–Kier alpha value is -4.93. The van der Waals surface area contributed by atoms with E-state index in [9.17, 15) is 10.1 Å². The molecule has 11 heteroatoms. The van der Waals surface area contributed by atoms with Crippen LogP contribution in [0.4, 0.5) is 40.3 Å². The Labute approximate surface area is 182 Å². The highest BCUT2D eigenvalue weighted by Crippen LogP contribution is 2.24. The van der Waals surface area contributed by atoms with E-state index in [1.165, 1.54) is 24.3 Å². The van der Waals surface area contributed by atoms with Crippen LogP contribution in [0.5, 0.6) is 0 Å². The summed E-state index contributed by atoms with van der Waals surface area (Å²) in [6.07, 6.45) is 0. The zero-order valence-electron chi connectivity index (χ0n) is 16.6. The fourth-order valence-electron chi connectivity index (χ4n) is 2.71. The van der Waals surface area contributed by atoms with E-state index in [4.69, 9.17) is 11.5 Å². The highest BCUT2D eigenvalue weighted by molar-refractivity contribution is 5.63. The third-order valence-electron chi connectivity index (χ3n) is 4.29. The highest BCUT2D eigenvalue weighted by Gasteiger charge is 2.08. The molecule has 0 fully saturated rings. The van der Waals surface area contributed by atoms with Gasteiger partial charge >= 0.3 is 0 Å². The molecule has 0 aliphatic heterocycles. The van der Waals surface area contributed by atoms with Crippen molar-refractivity contribution < 1.29 is 4.92 Å². The minimum atomic E-state index is -0.467. The number of azo groups is 1. The average Bonchev–Trinajstić information content (AvgIpc) is 2.79. The van der Waals surface area contributed by atoms with Crippen molar-refractivity contribution in [3.05, 3.63) is 82.9 Å². The fourth-order valence-corrected chi connectivity index (χ4v) is 2.71. The third kappa shape index (κ3) is 4.97. The Balaban J connectivity index is 1.46. The lowest BCUT2D eigenvalue weighted by Crippen LogP contribution is -2.05. The largest absolute Gasteiger partial charge is 0.399 e. The fraction of sp³-hybridized carbons (Fsp3) is 0. The molecule has 11 nitrogen and oxygen atoms in total. The van der Waals surface area contributed by atoms with Crippen molar-refractivity contribution in [1.82, 2.24) is 15.0 Å². The minimum absolute atomic E-state index is 0.00195. The molecule has 158 valence electrons. The Kier molecular flexibility index (Phi) is 5.62. The van der Waals surface area contributed by atoms with E-state index in [0.717, 1.165) is 5.56 Å². The van der Waals surface area contributed by atoms with Gasteiger partial charge in [-0.15, -0.1) is 0 Å². The first kappa shape index (κ1) is 20.3. The predicted molar refractivity (Wildman–Crippen MR) is 121 cm³/mol. The predicted octanol–water partition coefficient (Wildman–Crippen LogP) is 4.77. The van der Waals surface area contributed by atoms with Crippen LogP contribution in [0, 0.1) is 10.1 Å². The molecule has 0 amide bonds. The maximum Gasteiger partial charge on any atom is 0.269 e. The Morgan fingerprint density at radius 3 is 1.97 bits per heavy atom. The second kappa shape index (κ2) is 8.83. The normalized spacial score (nSPS) is 10.9. The number of nitrogen functional groups attached to an aromatic ring is 2. The van der Waals surface area contributed by atoms with Gasteiger partial charge in [0.25, 0.3) is 5.69 Å². The molecule has 0 saturated carbocycles. The molecule has 1 aromatic heterocycles. The Morgan fingerprint density at radius 1 is 0.781 bits per heavy atom. The number of hydrogen-bond donors (Lipinski definition) is 3. The van der Waals surface area contributed by atoms with Crippen molar-refractivity contribution in [3.63, 3.8) is 0 Å². The number of non-ortho nitro benzene ring substituents is 1. The van der Waals surface area contributed by atoms with Crippen molar-refractivity contribution in [3.8, 4) is 11.4 Å². The molecule has 0 atom stereocenters. The van der Waals surface area contributed by atoms with Gasteiger partial charge in [0.2, 0.25) is 11.9 Å². The molecule has 0 radical (unpaired) electrons. The van der Waals surface area contributed by atoms with Crippen LogP contribution >= 0.6 is 0 Å². The average molecular weight is 427 g/mol. The monoisotopic (exact) mass is 427 g/mol. The van der Waals surface area contributed by atoms with Gasteiger partial charge in [-0.1, -0.05) is 0 Å². The van der Waals surface area contributed by atoms with E-state index >= 15 is 0 Å². The van der Waals surface area contributed by atoms with Crippen molar-refractivity contribution >= 4 is 40.3 Å². The number of rotatable bonds is 6. The molecular formula is C21H17N9O2. The number of nitrogens with zero attached hydrogens (tertiary/aromatic N) is 6. The molecule has 0 bridgehead atoms. The number of aromatic nitrogens is 3. The van der Waals surface area contributed by atoms with Crippen LogP contribution in [0.2, 0.25) is 0 Å². The Morgan fingerprint density at radius 2 is 1.38 bits per heavy atom. The highest BCUT2D eigenvalue weighted by atomic mass is 16.6. The lowest BCUT2D eigenvalue weighted by molar-refractivity contribution is -0.384. The van der Waals surface area contributed by atoms with E-state index in [-0.39, 0.29) is 11.6 Å². The van der Waals surface area contributed by atoms with Crippen LogP contribution in [-0.4, -0.2) is 19.9 Å². The SMILES string of the molecule is Nc1ccc(-c2nc(N)nc(Nc3ccc(N=Nc4ccc([N+](=O)[O-])cc4)cc3)n2)cc1. The van der Waals surface area contributed by atoms with Gasteiger partial charge in [-0.3, -0.25) is 10.1 Å². The topological polar surface area (TPSA) is 171 Å². The first-order valence-electron chi connectivity index (χ1n) is 9.37. The van der Waals surface area contributed by atoms with Gasteiger partial charge < -0.3 is 16.8 Å². The number of nitrogens with one attached hydrogen (secondary N) is 1. The van der Waals surface area contributed by atoms with Crippen molar-refractivity contribution in [2.75, 3.05) is 16.8 Å². The first-order valence-corrected chi connectivity index (χ1v) is 9.37. The van der Waals surface area contributed by atoms with Gasteiger partial charge in [0.05, 0.1) is 16.3 Å². The molecule has 0 aliphatic carbocycles. The van der Waals surface area contributed by atoms with Crippen LogP contribution < -0.4 is 16.8 Å². The van der Waals surface area contributed by atoms with Crippen molar-refractivity contribution in [2.24, 2.45) is 10.2 Å². The summed E-state index contributed by atoms with van der Waals surface area (Å²) in [4.78, 5) is 22.9. The van der Waals surface area contributed by atoms with Gasteiger partial charge in [0.1, 0.15) is 0 Å².